The number of hydrogen-bond acceptors (Lipinski definition) is 2. The molecule has 0 aliphatic carbocycles. The lowest BCUT2D eigenvalue weighted by Crippen LogP contribution is -2.05. The standard InChI is InChI=1S/C11H9F3O2/c1-6-4-8-9(11(12,13)14)3-2-7(5-15)10(8)16-6/h2-4,15H,5H2,1H3. The normalized spacial score (nSPS) is 12.3. The summed E-state index contributed by atoms with van der Waals surface area (Å²) in [4.78, 5) is 0. The lowest BCUT2D eigenvalue weighted by atomic mass is 10.1. The third-order valence-electron chi connectivity index (χ3n) is 2.36. The molecule has 0 saturated heterocycles. The van der Waals surface area contributed by atoms with Crippen molar-refractivity contribution >= 4 is 11.0 Å². The van der Waals surface area contributed by atoms with Crippen molar-refractivity contribution in [3.05, 3.63) is 35.1 Å². The molecule has 2 rings (SSSR count). The first kappa shape index (κ1) is 11.0. The number of aliphatic hydroxyl groups is 1. The Balaban J connectivity index is 2.79. The second kappa shape index (κ2) is 3.52. The Labute approximate surface area is 89.3 Å². The fraction of sp³-hybridized carbons (Fsp3) is 0.273. The van der Waals surface area contributed by atoms with E-state index in [1.54, 1.807) is 6.92 Å². The van der Waals surface area contributed by atoms with Gasteiger partial charge in [0.2, 0.25) is 0 Å². The van der Waals surface area contributed by atoms with E-state index in [-0.39, 0.29) is 17.6 Å². The van der Waals surface area contributed by atoms with Crippen LogP contribution in [0, 0.1) is 6.92 Å². The summed E-state index contributed by atoms with van der Waals surface area (Å²) in [5.74, 6) is 0.390. The van der Waals surface area contributed by atoms with Crippen molar-refractivity contribution in [2.24, 2.45) is 0 Å². The zero-order valence-corrected chi connectivity index (χ0v) is 8.43. The number of halogens is 3. The molecule has 16 heavy (non-hydrogen) atoms. The van der Waals surface area contributed by atoms with Crippen molar-refractivity contribution in [3.8, 4) is 0 Å². The Hall–Kier alpha value is -1.49. The molecule has 0 radical (unpaired) electrons. The lowest BCUT2D eigenvalue weighted by molar-refractivity contribution is -0.136. The van der Waals surface area contributed by atoms with Gasteiger partial charge in [-0.2, -0.15) is 13.2 Å². The molecule has 0 aliphatic heterocycles. The number of aryl methyl sites for hydroxylation is 1. The molecule has 0 fully saturated rings. The number of alkyl halides is 3. The Bertz CT molecular complexity index is 526. The van der Waals surface area contributed by atoms with E-state index in [1.807, 2.05) is 0 Å². The van der Waals surface area contributed by atoms with E-state index >= 15 is 0 Å². The molecule has 0 bridgehead atoms. The van der Waals surface area contributed by atoms with Crippen LogP contribution in [0.5, 0.6) is 0 Å². The third-order valence-corrected chi connectivity index (χ3v) is 2.36. The molecule has 2 aromatic rings. The molecule has 1 N–H and O–H groups in total. The molecule has 1 heterocycles. The van der Waals surface area contributed by atoms with Crippen molar-refractivity contribution in [2.75, 3.05) is 0 Å². The summed E-state index contributed by atoms with van der Waals surface area (Å²) < 4.78 is 43.1. The van der Waals surface area contributed by atoms with Crippen molar-refractivity contribution in [3.63, 3.8) is 0 Å². The van der Waals surface area contributed by atoms with E-state index in [0.29, 0.717) is 11.3 Å². The van der Waals surface area contributed by atoms with Gasteiger partial charge in [-0.1, -0.05) is 6.07 Å². The van der Waals surface area contributed by atoms with Crippen molar-refractivity contribution < 1.29 is 22.7 Å². The highest BCUT2D eigenvalue weighted by atomic mass is 19.4. The number of furan rings is 1. The van der Waals surface area contributed by atoms with Gasteiger partial charge in [0.25, 0.3) is 0 Å². The molecule has 0 aliphatic rings. The van der Waals surface area contributed by atoms with Crippen LogP contribution in [-0.4, -0.2) is 5.11 Å². The zero-order chi connectivity index (χ0) is 11.9. The largest absolute Gasteiger partial charge is 0.461 e. The van der Waals surface area contributed by atoms with Gasteiger partial charge in [0.05, 0.1) is 12.2 Å². The zero-order valence-electron chi connectivity index (χ0n) is 8.43. The second-order valence-electron chi connectivity index (χ2n) is 3.53. The summed E-state index contributed by atoms with van der Waals surface area (Å²) in [6, 6.07) is 3.52. The van der Waals surface area contributed by atoms with E-state index < -0.39 is 11.7 Å². The SMILES string of the molecule is Cc1cc2c(C(F)(F)F)ccc(CO)c2o1. The van der Waals surface area contributed by atoms with E-state index in [4.69, 9.17) is 9.52 Å². The molecule has 1 aromatic heterocycles. The van der Waals surface area contributed by atoms with E-state index in [0.717, 1.165) is 6.07 Å². The number of hydrogen-bond donors (Lipinski definition) is 1. The first-order valence-corrected chi connectivity index (χ1v) is 4.63. The summed E-state index contributed by atoms with van der Waals surface area (Å²) in [6.45, 7) is 1.23. The highest BCUT2D eigenvalue weighted by Crippen LogP contribution is 2.37. The highest BCUT2D eigenvalue weighted by Gasteiger charge is 2.33. The van der Waals surface area contributed by atoms with Gasteiger partial charge < -0.3 is 9.52 Å². The summed E-state index contributed by atoms with van der Waals surface area (Å²) >= 11 is 0. The molecule has 1 aromatic carbocycles. The fourth-order valence-corrected chi connectivity index (χ4v) is 1.67. The van der Waals surface area contributed by atoms with Crippen molar-refractivity contribution in [1.82, 2.24) is 0 Å². The van der Waals surface area contributed by atoms with Crippen molar-refractivity contribution in [1.29, 1.82) is 0 Å². The van der Waals surface area contributed by atoms with Crippen LogP contribution in [0.25, 0.3) is 11.0 Å². The lowest BCUT2D eigenvalue weighted by Gasteiger charge is -2.08. The third kappa shape index (κ3) is 1.67. The number of rotatable bonds is 1. The van der Waals surface area contributed by atoms with Crippen LogP contribution in [0.1, 0.15) is 16.9 Å². The molecule has 0 amide bonds. The fourth-order valence-electron chi connectivity index (χ4n) is 1.67. The van der Waals surface area contributed by atoms with E-state index in [2.05, 4.69) is 0 Å². The van der Waals surface area contributed by atoms with Gasteiger partial charge in [-0.15, -0.1) is 0 Å². The summed E-state index contributed by atoms with van der Waals surface area (Å²) in [5, 5.41) is 8.99. The predicted octanol–water partition coefficient (Wildman–Crippen LogP) is 3.25. The molecule has 0 unspecified atom stereocenters. The number of aliphatic hydroxyl groups excluding tert-OH is 1. The maximum Gasteiger partial charge on any atom is 0.417 e. The molecule has 86 valence electrons. The van der Waals surface area contributed by atoms with Gasteiger partial charge in [0.15, 0.2) is 0 Å². The average Bonchev–Trinajstić information content (AvgIpc) is 2.55. The minimum Gasteiger partial charge on any atom is -0.461 e. The maximum absolute atomic E-state index is 12.7. The van der Waals surface area contributed by atoms with Gasteiger partial charge in [-0.3, -0.25) is 0 Å². The van der Waals surface area contributed by atoms with Crippen LogP contribution < -0.4 is 0 Å². The van der Waals surface area contributed by atoms with Crippen LogP contribution in [0.15, 0.2) is 22.6 Å². The van der Waals surface area contributed by atoms with Gasteiger partial charge in [0.1, 0.15) is 11.3 Å². The minimum absolute atomic E-state index is 0.00319. The maximum atomic E-state index is 12.7. The molecule has 0 spiro atoms. The second-order valence-corrected chi connectivity index (χ2v) is 3.53. The highest BCUT2D eigenvalue weighted by molar-refractivity contribution is 5.85. The van der Waals surface area contributed by atoms with Crippen LogP contribution in [-0.2, 0) is 12.8 Å². The molecule has 5 heteroatoms. The van der Waals surface area contributed by atoms with E-state index in [1.165, 1.54) is 12.1 Å². The molecule has 0 saturated carbocycles. The van der Waals surface area contributed by atoms with Crippen LogP contribution in [0.4, 0.5) is 13.2 Å². The molecule has 0 atom stereocenters. The monoisotopic (exact) mass is 230 g/mol. The molecular formula is C11H9F3O2. The Morgan fingerprint density at radius 2 is 2.00 bits per heavy atom. The predicted molar refractivity (Wildman–Crippen MR) is 51.9 cm³/mol. The number of benzene rings is 1. The summed E-state index contributed by atoms with van der Waals surface area (Å²) in [7, 11) is 0. The smallest absolute Gasteiger partial charge is 0.417 e. The topological polar surface area (TPSA) is 33.4 Å². The Morgan fingerprint density at radius 3 is 2.56 bits per heavy atom. The number of fused-ring (bicyclic) bond motifs is 1. The molecular weight excluding hydrogens is 221 g/mol. The van der Waals surface area contributed by atoms with Crippen LogP contribution >= 0.6 is 0 Å². The van der Waals surface area contributed by atoms with Crippen LogP contribution in [0.3, 0.4) is 0 Å². The van der Waals surface area contributed by atoms with Gasteiger partial charge in [-0.05, 0) is 19.1 Å². The van der Waals surface area contributed by atoms with Crippen LogP contribution in [0.2, 0.25) is 0 Å². The first-order chi connectivity index (χ1) is 7.43. The average molecular weight is 230 g/mol. The van der Waals surface area contributed by atoms with Gasteiger partial charge >= 0.3 is 6.18 Å². The molecule has 2 nitrogen and oxygen atoms in total. The summed E-state index contributed by atoms with van der Waals surface area (Å²) in [5.41, 5.74) is -0.275. The first-order valence-electron chi connectivity index (χ1n) is 4.63. The Morgan fingerprint density at radius 1 is 1.31 bits per heavy atom. The minimum atomic E-state index is -4.41. The quantitative estimate of drug-likeness (QED) is 0.815. The van der Waals surface area contributed by atoms with Crippen molar-refractivity contribution in [2.45, 2.75) is 19.7 Å². The van der Waals surface area contributed by atoms with Gasteiger partial charge in [0, 0.05) is 10.9 Å². The summed E-state index contributed by atoms with van der Waals surface area (Å²) in [6.07, 6.45) is -4.41. The Kier molecular flexibility index (Phi) is 2.42. The van der Waals surface area contributed by atoms with Gasteiger partial charge in [-0.25, -0.2) is 0 Å². The van der Waals surface area contributed by atoms with E-state index in [9.17, 15) is 13.2 Å².